The summed E-state index contributed by atoms with van der Waals surface area (Å²) >= 11 is 0. The lowest BCUT2D eigenvalue weighted by Crippen LogP contribution is -2.53. The monoisotopic (exact) mass is 340 g/mol. The average molecular weight is 340 g/mol. The van der Waals surface area contributed by atoms with Crippen molar-refractivity contribution in [1.82, 2.24) is 9.80 Å². The molecule has 0 N–H and O–H groups in total. The molecular weight excluding hydrogens is 319 g/mol. The van der Waals surface area contributed by atoms with E-state index >= 15 is 0 Å². The predicted molar refractivity (Wildman–Crippen MR) is 92.2 cm³/mol. The summed E-state index contributed by atoms with van der Waals surface area (Å²) in [6.07, 6.45) is 0.0434. The number of morpholine rings is 1. The number of hydrogen-bond acceptors (Lipinski definition) is 3. The first-order valence-electron chi connectivity index (χ1n) is 8.61. The SMILES string of the molecule is O=C1COC2CN(Cc3ccccc3)CC2N1Cc1ccc(F)cc1. The minimum Gasteiger partial charge on any atom is -0.365 e. The highest BCUT2D eigenvalue weighted by molar-refractivity contribution is 5.78. The molecule has 2 aromatic rings. The molecule has 0 spiro atoms. The maximum atomic E-state index is 13.1. The van der Waals surface area contributed by atoms with E-state index < -0.39 is 0 Å². The third-order valence-electron chi connectivity index (χ3n) is 4.97. The molecule has 4 rings (SSSR count). The zero-order valence-corrected chi connectivity index (χ0v) is 14.0. The van der Waals surface area contributed by atoms with Crippen molar-refractivity contribution < 1.29 is 13.9 Å². The number of ether oxygens (including phenoxy) is 1. The van der Waals surface area contributed by atoms with Gasteiger partial charge in [0.1, 0.15) is 12.4 Å². The highest BCUT2D eigenvalue weighted by atomic mass is 19.1. The Bertz CT molecular complexity index is 735. The van der Waals surface area contributed by atoms with Gasteiger partial charge in [0.2, 0.25) is 5.91 Å². The Morgan fingerprint density at radius 3 is 2.44 bits per heavy atom. The van der Waals surface area contributed by atoms with Gasteiger partial charge >= 0.3 is 0 Å². The highest BCUT2D eigenvalue weighted by Crippen LogP contribution is 2.26. The van der Waals surface area contributed by atoms with Gasteiger partial charge < -0.3 is 9.64 Å². The van der Waals surface area contributed by atoms with Crippen molar-refractivity contribution in [3.8, 4) is 0 Å². The zero-order valence-electron chi connectivity index (χ0n) is 14.0. The van der Waals surface area contributed by atoms with Gasteiger partial charge in [-0.2, -0.15) is 0 Å². The number of benzene rings is 2. The van der Waals surface area contributed by atoms with Gasteiger partial charge in [0.05, 0.1) is 12.1 Å². The number of halogens is 1. The quantitative estimate of drug-likeness (QED) is 0.857. The second-order valence-electron chi connectivity index (χ2n) is 6.74. The van der Waals surface area contributed by atoms with Crippen molar-refractivity contribution in [3.63, 3.8) is 0 Å². The molecule has 2 aliphatic rings. The molecule has 0 radical (unpaired) electrons. The minimum atomic E-state index is -0.259. The van der Waals surface area contributed by atoms with Gasteiger partial charge in [-0.05, 0) is 23.3 Å². The van der Waals surface area contributed by atoms with Gasteiger partial charge in [-0.3, -0.25) is 9.69 Å². The fourth-order valence-electron chi connectivity index (χ4n) is 3.70. The van der Waals surface area contributed by atoms with E-state index in [2.05, 4.69) is 17.0 Å². The largest absolute Gasteiger partial charge is 0.365 e. The lowest BCUT2D eigenvalue weighted by molar-refractivity contribution is -0.153. The van der Waals surface area contributed by atoms with Crippen LogP contribution < -0.4 is 0 Å². The number of carbonyl (C=O) groups is 1. The molecule has 2 aliphatic heterocycles. The summed E-state index contributed by atoms with van der Waals surface area (Å²) in [7, 11) is 0. The first-order valence-corrected chi connectivity index (χ1v) is 8.61. The van der Waals surface area contributed by atoms with Crippen LogP contribution in [-0.2, 0) is 22.6 Å². The Morgan fingerprint density at radius 1 is 0.960 bits per heavy atom. The molecule has 25 heavy (non-hydrogen) atoms. The van der Waals surface area contributed by atoms with Crippen LogP contribution in [0.1, 0.15) is 11.1 Å². The second-order valence-corrected chi connectivity index (χ2v) is 6.74. The van der Waals surface area contributed by atoms with E-state index in [9.17, 15) is 9.18 Å². The molecule has 2 saturated heterocycles. The van der Waals surface area contributed by atoms with Gasteiger partial charge in [0.15, 0.2) is 0 Å². The summed E-state index contributed by atoms with van der Waals surface area (Å²) in [5.74, 6) is -0.253. The molecule has 2 heterocycles. The summed E-state index contributed by atoms with van der Waals surface area (Å²) < 4.78 is 18.9. The molecule has 0 aliphatic carbocycles. The Balaban J connectivity index is 1.46. The molecule has 2 aromatic carbocycles. The number of hydrogen-bond donors (Lipinski definition) is 0. The molecular formula is C20H21FN2O2. The van der Waals surface area contributed by atoms with Crippen molar-refractivity contribution in [2.45, 2.75) is 25.2 Å². The zero-order chi connectivity index (χ0) is 17.2. The Kier molecular flexibility index (Phi) is 4.51. The van der Waals surface area contributed by atoms with E-state index in [-0.39, 0.29) is 30.5 Å². The van der Waals surface area contributed by atoms with Crippen LogP contribution in [0.3, 0.4) is 0 Å². The molecule has 130 valence electrons. The van der Waals surface area contributed by atoms with E-state index in [0.29, 0.717) is 6.54 Å². The standard InChI is InChI=1S/C20H21FN2O2/c21-17-8-6-16(7-9-17)11-23-18-12-22(10-15-4-2-1-3-5-15)13-19(18)25-14-20(23)24/h1-9,18-19H,10-14H2. The molecule has 0 bridgehead atoms. The first kappa shape index (κ1) is 16.2. The van der Waals surface area contributed by atoms with Crippen LogP contribution in [0.25, 0.3) is 0 Å². The predicted octanol–water partition coefficient (Wildman–Crippen LogP) is 2.44. The minimum absolute atomic E-state index is 0.00661. The van der Waals surface area contributed by atoms with E-state index in [1.807, 2.05) is 23.1 Å². The van der Waals surface area contributed by atoms with Crippen molar-refractivity contribution in [3.05, 3.63) is 71.5 Å². The van der Waals surface area contributed by atoms with Crippen LogP contribution >= 0.6 is 0 Å². The summed E-state index contributed by atoms with van der Waals surface area (Å²) in [6, 6.07) is 16.7. The summed E-state index contributed by atoms with van der Waals surface area (Å²) in [4.78, 5) is 16.6. The van der Waals surface area contributed by atoms with Crippen molar-refractivity contribution in [1.29, 1.82) is 0 Å². The third-order valence-corrected chi connectivity index (χ3v) is 4.97. The molecule has 2 fully saturated rings. The van der Waals surface area contributed by atoms with Gasteiger partial charge in [-0.25, -0.2) is 4.39 Å². The van der Waals surface area contributed by atoms with E-state index in [4.69, 9.17) is 4.74 Å². The molecule has 2 unspecified atom stereocenters. The highest BCUT2D eigenvalue weighted by Gasteiger charge is 2.42. The molecule has 5 heteroatoms. The Hall–Kier alpha value is -2.24. The first-order chi connectivity index (χ1) is 12.2. The number of likely N-dealkylation sites (tertiary alicyclic amines) is 1. The fraction of sp³-hybridized carbons (Fsp3) is 0.350. The van der Waals surface area contributed by atoms with Gasteiger partial charge in [-0.1, -0.05) is 42.5 Å². The van der Waals surface area contributed by atoms with E-state index in [0.717, 1.165) is 25.2 Å². The Morgan fingerprint density at radius 2 is 1.68 bits per heavy atom. The van der Waals surface area contributed by atoms with Crippen LogP contribution in [0.2, 0.25) is 0 Å². The number of nitrogens with zero attached hydrogens (tertiary/aromatic N) is 2. The fourth-order valence-corrected chi connectivity index (χ4v) is 3.70. The van der Waals surface area contributed by atoms with Crippen LogP contribution in [0.5, 0.6) is 0 Å². The van der Waals surface area contributed by atoms with Crippen LogP contribution in [0, 0.1) is 5.82 Å². The number of carbonyl (C=O) groups excluding carboxylic acids is 1. The topological polar surface area (TPSA) is 32.8 Å². The maximum absolute atomic E-state index is 13.1. The number of rotatable bonds is 4. The molecule has 4 nitrogen and oxygen atoms in total. The summed E-state index contributed by atoms with van der Waals surface area (Å²) in [5, 5.41) is 0. The normalized spacial score (nSPS) is 23.7. The van der Waals surface area contributed by atoms with Gasteiger partial charge in [0.25, 0.3) is 0 Å². The van der Waals surface area contributed by atoms with E-state index in [1.165, 1.54) is 17.7 Å². The molecule has 0 saturated carbocycles. The average Bonchev–Trinajstić information content (AvgIpc) is 3.03. The van der Waals surface area contributed by atoms with Gasteiger partial charge in [0, 0.05) is 26.2 Å². The van der Waals surface area contributed by atoms with Crippen LogP contribution in [0.4, 0.5) is 4.39 Å². The smallest absolute Gasteiger partial charge is 0.249 e. The Labute approximate surface area is 146 Å². The lowest BCUT2D eigenvalue weighted by Gasteiger charge is -2.36. The van der Waals surface area contributed by atoms with Crippen molar-refractivity contribution in [2.75, 3.05) is 19.7 Å². The third kappa shape index (κ3) is 3.57. The van der Waals surface area contributed by atoms with Crippen molar-refractivity contribution >= 4 is 5.91 Å². The maximum Gasteiger partial charge on any atom is 0.249 e. The molecule has 1 amide bonds. The summed E-state index contributed by atoms with van der Waals surface area (Å²) in [6.45, 7) is 3.11. The van der Waals surface area contributed by atoms with E-state index in [1.54, 1.807) is 12.1 Å². The molecule has 2 atom stereocenters. The van der Waals surface area contributed by atoms with Crippen LogP contribution in [0.15, 0.2) is 54.6 Å². The van der Waals surface area contributed by atoms with Crippen LogP contribution in [-0.4, -0.2) is 47.5 Å². The van der Waals surface area contributed by atoms with Crippen molar-refractivity contribution in [2.24, 2.45) is 0 Å². The number of fused-ring (bicyclic) bond motifs is 1. The van der Waals surface area contributed by atoms with Gasteiger partial charge in [-0.15, -0.1) is 0 Å². The lowest BCUT2D eigenvalue weighted by atomic mass is 10.1. The summed E-state index contributed by atoms with van der Waals surface area (Å²) in [5.41, 5.74) is 2.20. The second kappa shape index (κ2) is 6.94. The molecule has 0 aromatic heterocycles. The number of amides is 1.